The van der Waals surface area contributed by atoms with E-state index in [0.717, 1.165) is 89.8 Å². The zero-order valence-corrected chi connectivity index (χ0v) is 23.9. The molecule has 1 amide bonds. The molecule has 1 saturated carbocycles. The lowest BCUT2D eigenvalue weighted by molar-refractivity contribution is -0.121. The van der Waals surface area contributed by atoms with Gasteiger partial charge in [-0.2, -0.15) is 0 Å². The van der Waals surface area contributed by atoms with Crippen molar-refractivity contribution < 1.29 is 10.0 Å². The molecule has 0 aromatic heterocycles. The van der Waals surface area contributed by atoms with Gasteiger partial charge in [0.25, 0.3) is 0 Å². The van der Waals surface area contributed by atoms with Gasteiger partial charge in [0, 0.05) is 24.6 Å². The van der Waals surface area contributed by atoms with Crippen LogP contribution in [-0.2, 0) is 4.79 Å². The molecule has 0 radical (unpaired) electrons. The lowest BCUT2D eigenvalue weighted by atomic mass is 9.79. The number of hydroxylamine groups is 1. The second-order valence-corrected chi connectivity index (χ2v) is 10.8. The summed E-state index contributed by atoms with van der Waals surface area (Å²) in [5.41, 5.74) is 7.46. The Morgan fingerprint density at radius 2 is 1.38 bits per heavy atom. The lowest BCUT2D eigenvalue weighted by Gasteiger charge is -2.29. The first-order chi connectivity index (χ1) is 19.2. The Morgan fingerprint density at radius 1 is 0.795 bits per heavy atom. The van der Waals surface area contributed by atoms with Crippen molar-refractivity contribution in [3.05, 3.63) is 83.1 Å². The van der Waals surface area contributed by atoms with Gasteiger partial charge in [-0.3, -0.25) is 15.5 Å². The Kier molecular flexibility index (Phi) is 14.7. The molecular weight excluding hydrogens is 484 g/mol. The summed E-state index contributed by atoms with van der Waals surface area (Å²) in [7, 11) is 0. The van der Waals surface area contributed by atoms with Crippen LogP contribution in [0, 0.1) is 5.92 Å². The summed E-state index contributed by atoms with van der Waals surface area (Å²) in [6.07, 6.45) is 9.80. The van der Waals surface area contributed by atoms with Crippen molar-refractivity contribution in [3.8, 4) is 0 Å². The number of hydrogen-bond acceptors (Lipinski definition) is 5. The SMILES string of the molecule is C[C@H]1CC/C1=C(/CCCCC(=O)NCCCNCCCCNCCC(c1ccccc1)c1ccccc1)NO. The fourth-order valence-electron chi connectivity index (χ4n) is 5.32. The van der Waals surface area contributed by atoms with Gasteiger partial charge in [-0.15, -0.1) is 0 Å². The maximum atomic E-state index is 12.1. The molecule has 5 N–H and O–H groups in total. The Labute approximate surface area is 236 Å². The van der Waals surface area contributed by atoms with Crippen molar-refractivity contribution in [3.63, 3.8) is 0 Å². The number of rotatable bonds is 20. The Morgan fingerprint density at radius 3 is 1.95 bits per heavy atom. The molecule has 6 nitrogen and oxygen atoms in total. The van der Waals surface area contributed by atoms with Gasteiger partial charge < -0.3 is 16.0 Å². The van der Waals surface area contributed by atoms with E-state index in [0.29, 0.717) is 18.3 Å². The third-order valence-corrected chi connectivity index (χ3v) is 7.87. The molecule has 1 aliphatic carbocycles. The van der Waals surface area contributed by atoms with Gasteiger partial charge in [0.15, 0.2) is 0 Å². The van der Waals surface area contributed by atoms with Crippen molar-refractivity contribution in [2.75, 3.05) is 32.7 Å². The van der Waals surface area contributed by atoms with Gasteiger partial charge in [0.05, 0.1) is 0 Å². The number of allylic oxidation sites excluding steroid dienone is 2. The molecule has 0 heterocycles. The van der Waals surface area contributed by atoms with E-state index in [4.69, 9.17) is 0 Å². The van der Waals surface area contributed by atoms with Gasteiger partial charge in [-0.1, -0.05) is 67.6 Å². The van der Waals surface area contributed by atoms with E-state index in [1.807, 2.05) is 0 Å². The van der Waals surface area contributed by atoms with Crippen LogP contribution in [0.3, 0.4) is 0 Å². The molecular formula is C33H50N4O2. The molecule has 6 heteroatoms. The average Bonchev–Trinajstić information content (AvgIpc) is 2.97. The minimum atomic E-state index is 0.131. The van der Waals surface area contributed by atoms with E-state index >= 15 is 0 Å². The summed E-state index contributed by atoms with van der Waals surface area (Å²) < 4.78 is 0. The van der Waals surface area contributed by atoms with Crippen molar-refractivity contribution >= 4 is 5.91 Å². The highest BCUT2D eigenvalue weighted by molar-refractivity contribution is 5.75. The Balaban J connectivity index is 1.13. The Hall–Kier alpha value is -2.67. The molecule has 0 saturated heterocycles. The standard InChI is InChI=1S/C33H50N4O2/c1-27-19-20-30(27)32(37-39)17-8-9-18-33(38)36-25-12-24-34-22-10-11-23-35-26-21-31(28-13-4-2-5-14-28)29-15-6-3-7-16-29/h2-7,13-16,27,31,34-35,37,39H,8-12,17-26H2,1H3,(H,36,38)/b32-30+/t27-/m0/s1. The summed E-state index contributed by atoms with van der Waals surface area (Å²) in [4.78, 5) is 12.1. The number of nitrogens with one attached hydrogen (secondary N) is 4. The molecule has 1 atom stereocenters. The molecule has 214 valence electrons. The van der Waals surface area contributed by atoms with E-state index in [-0.39, 0.29) is 5.91 Å². The van der Waals surface area contributed by atoms with Gasteiger partial charge >= 0.3 is 0 Å². The van der Waals surface area contributed by atoms with Crippen molar-refractivity contribution in [2.24, 2.45) is 5.92 Å². The molecule has 0 bridgehead atoms. The number of carbonyl (C=O) groups is 1. The van der Waals surface area contributed by atoms with E-state index in [1.165, 1.54) is 23.1 Å². The maximum Gasteiger partial charge on any atom is 0.219 e. The maximum absolute atomic E-state index is 12.1. The van der Waals surface area contributed by atoms with Gasteiger partial charge in [-0.25, -0.2) is 0 Å². The molecule has 39 heavy (non-hydrogen) atoms. The average molecular weight is 535 g/mol. The monoisotopic (exact) mass is 534 g/mol. The summed E-state index contributed by atoms with van der Waals surface area (Å²) in [5.74, 6) is 1.14. The van der Waals surface area contributed by atoms with E-state index < -0.39 is 0 Å². The molecule has 2 aromatic rings. The van der Waals surface area contributed by atoms with Gasteiger partial charge in [0.1, 0.15) is 0 Å². The third-order valence-electron chi connectivity index (χ3n) is 7.87. The number of amides is 1. The molecule has 0 unspecified atom stereocenters. The first-order valence-electron chi connectivity index (χ1n) is 15.1. The van der Waals surface area contributed by atoms with E-state index in [1.54, 1.807) is 0 Å². The predicted molar refractivity (Wildman–Crippen MR) is 161 cm³/mol. The summed E-state index contributed by atoms with van der Waals surface area (Å²) in [5, 5.41) is 19.5. The van der Waals surface area contributed by atoms with Crippen LogP contribution in [0.4, 0.5) is 0 Å². The fraction of sp³-hybridized carbons (Fsp3) is 0.545. The minimum Gasteiger partial charge on any atom is -0.356 e. The highest BCUT2D eigenvalue weighted by atomic mass is 16.5. The normalized spacial score (nSPS) is 16.1. The summed E-state index contributed by atoms with van der Waals surface area (Å²) in [6, 6.07) is 21.6. The summed E-state index contributed by atoms with van der Waals surface area (Å²) >= 11 is 0. The smallest absolute Gasteiger partial charge is 0.219 e. The largest absolute Gasteiger partial charge is 0.356 e. The number of benzene rings is 2. The first-order valence-corrected chi connectivity index (χ1v) is 15.1. The molecule has 3 rings (SSSR count). The van der Waals surface area contributed by atoms with E-state index in [2.05, 4.69) is 89.0 Å². The predicted octanol–water partition coefficient (Wildman–Crippen LogP) is 5.90. The first kappa shape index (κ1) is 30.9. The molecule has 1 aliphatic rings. The van der Waals surface area contributed by atoms with Crippen LogP contribution in [0.15, 0.2) is 71.9 Å². The Bertz CT molecular complexity index is 925. The molecule has 2 aromatic carbocycles. The van der Waals surface area contributed by atoms with Gasteiger partial charge in [0.2, 0.25) is 5.91 Å². The van der Waals surface area contributed by atoms with Crippen LogP contribution in [0.25, 0.3) is 0 Å². The molecule has 0 spiro atoms. The van der Waals surface area contributed by atoms with Gasteiger partial charge in [-0.05, 0) is 107 Å². The second-order valence-electron chi connectivity index (χ2n) is 10.8. The van der Waals surface area contributed by atoms with Crippen LogP contribution in [0.5, 0.6) is 0 Å². The van der Waals surface area contributed by atoms with E-state index in [9.17, 15) is 10.0 Å². The fourth-order valence-corrected chi connectivity index (χ4v) is 5.32. The molecule has 0 aliphatic heterocycles. The highest BCUT2D eigenvalue weighted by Gasteiger charge is 2.22. The number of hydrogen-bond donors (Lipinski definition) is 5. The number of carbonyl (C=O) groups excluding carboxylic acids is 1. The van der Waals surface area contributed by atoms with Crippen LogP contribution in [0.1, 0.15) is 88.2 Å². The van der Waals surface area contributed by atoms with Crippen LogP contribution >= 0.6 is 0 Å². The lowest BCUT2D eigenvalue weighted by Crippen LogP contribution is -2.27. The molecule has 1 fully saturated rings. The zero-order chi connectivity index (χ0) is 27.5. The topological polar surface area (TPSA) is 85.4 Å². The van der Waals surface area contributed by atoms with Crippen molar-refractivity contribution in [1.29, 1.82) is 0 Å². The minimum absolute atomic E-state index is 0.131. The third kappa shape index (κ3) is 11.5. The quantitative estimate of drug-likeness (QED) is 0.108. The van der Waals surface area contributed by atoms with Crippen LogP contribution in [0.2, 0.25) is 0 Å². The second kappa shape index (κ2) is 18.6. The number of unbranched alkanes of at least 4 members (excludes halogenated alkanes) is 2. The van der Waals surface area contributed by atoms with Crippen molar-refractivity contribution in [2.45, 2.75) is 77.0 Å². The van der Waals surface area contributed by atoms with Crippen LogP contribution < -0.4 is 21.4 Å². The zero-order valence-electron chi connectivity index (χ0n) is 23.9. The van der Waals surface area contributed by atoms with Crippen molar-refractivity contribution in [1.82, 2.24) is 21.4 Å². The summed E-state index contributed by atoms with van der Waals surface area (Å²) in [6.45, 7) is 6.93. The highest BCUT2D eigenvalue weighted by Crippen LogP contribution is 2.35. The van der Waals surface area contributed by atoms with Crippen LogP contribution in [-0.4, -0.2) is 43.8 Å².